The van der Waals surface area contributed by atoms with Crippen molar-refractivity contribution in [1.82, 2.24) is 24.4 Å². The Labute approximate surface area is 237 Å². The number of ether oxygens (including phenoxy) is 1. The minimum Gasteiger partial charge on any atom is -0.495 e. The van der Waals surface area contributed by atoms with E-state index in [-0.39, 0.29) is 11.9 Å². The summed E-state index contributed by atoms with van der Waals surface area (Å²) in [7, 11) is 5.59. The molecule has 0 unspecified atom stereocenters. The summed E-state index contributed by atoms with van der Waals surface area (Å²) in [5.41, 5.74) is 3.37. The molecule has 0 aliphatic heterocycles. The maximum absolute atomic E-state index is 15.1. The molecule has 1 amide bonds. The van der Waals surface area contributed by atoms with Crippen LogP contribution in [0.5, 0.6) is 5.75 Å². The first kappa shape index (κ1) is 29.0. The summed E-state index contributed by atoms with van der Waals surface area (Å²) >= 11 is 1.61. The maximum Gasteiger partial charge on any atom is 0.247 e. The Hall–Kier alpha value is -3.96. The standard InChI is InChI=1S/C29H34FN7O2S/c1-8-27(38)33-23-15-22(25(39-7)16-26(23)40-12-11-36(5)6)35-29-31-10-9-21(34-29)19-13-20(30)28-24(14-19)37(17(2)3)18(4)32-28/h8-10,13-17H,1,11-12H2,2-7H3,(H,33,38)(H,31,34,35). The van der Waals surface area contributed by atoms with Crippen molar-refractivity contribution in [3.8, 4) is 17.0 Å². The molecule has 11 heteroatoms. The molecule has 0 fully saturated rings. The van der Waals surface area contributed by atoms with Gasteiger partial charge >= 0.3 is 0 Å². The summed E-state index contributed by atoms with van der Waals surface area (Å²) < 4.78 is 22.7. The van der Waals surface area contributed by atoms with Crippen LogP contribution in [0.3, 0.4) is 0 Å². The first-order valence-corrected chi connectivity index (χ1v) is 13.8. The molecule has 40 heavy (non-hydrogen) atoms. The second-order valence-corrected chi connectivity index (χ2v) is 10.9. The fraction of sp³-hybridized carbons (Fsp3) is 0.310. The molecular formula is C29H34FN7O2S. The van der Waals surface area contributed by atoms with Gasteiger partial charge in [-0.3, -0.25) is 4.79 Å². The van der Waals surface area contributed by atoms with Gasteiger partial charge in [-0.05, 0) is 71.3 Å². The molecule has 0 radical (unpaired) electrons. The molecule has 9 nitrogen and oxygen atoms in total. The average molecular weight is 564 g/mol. The van der Waals surface area contributed by atoms with E-state index in [0.29, 0.717) is 45.4 Å². The number of imidazole rings is 1. The number of carbonyl (C=O) groups excluding carboxylic acids is 1. The zero-order valence-corrected chi connectivity index (χ0v) is 24.4. The van der Waals surface area contributed by atoms with Crippen LogP contribution in [0.25, 0.3) is 22.3 Å². The largest absolute Gasteiger partial charge is 0.495 e. The highest BCUT2D eigenvalue weighted by Crippen LogP contribution is 2.38. The molecule has 2 aromatic carbocycles. The van der Waals surface area contributed by atoms with Gasteiger partial charge in [-0.25, -0.2) is 19.3 Å². The van der Waals surface area contributed by atoms with Gasteiger partial charge in [0.1, 0.15) is 17.1 Å². The van der Waals surface area contributed by atoms with Crippen molar-refractivity contribution < 1.29 is 13.9 Å². The van der Waals surface area contributed by atoms with Crippen molar-refractivity contribution in [2.45, 2.75) is 31.7 Å². The first-order chi connectivity index (χ1) is 19.1. The number of nitrogens with one attached hydrogen (secondary N) is 2. The number of halogens is 1. The van der Waals surface area contributed by atoms with Crippen LogP contribution < -0.4 is 15.4 Å². The first-order valence-electron chi connectivity index (χ1n) is 12.8. The van der Waals surface area contributed by atoms with Gasteiger partial charge in [0.15, 0.2) is 5.82 Å². The number of aryl methyl sites for hydroxylation is 1. The van der Waals surface area contributed by atoms with E-state index < -0.39 is 5.82 Å². The smallest absolute Gasteiger partial charge is 0.247 e. The lowest BCUT2D eigenvalue weighted by molar-refractivity contribution is -0.111. The molecule has 4 rings (SSSR count). The lowest BCUT2D eigenvalue weighted by Gasteiger charge is -2.17. The summed E-state index contributed by atoms with van der Waals surface area (Å²) in [5, 5.41) is 6.07. The molecule has 2 N–H and O–H groups in total. The lowest BCUT2D eigenvalue weighted by atomic mass is 10.1. The number of anilines is 3. The van der Waals surface area contributed by atoms with Crippen molar-refractivity contribution in [3.63, 3.8) is 0 Å². The quantitative estimate of drug-likeness (QED) is 0.168. The number of amides is 1. The number of aromatic nitrogens is 4. The summed E-state index contributed by atoms with van der Waals surface area (Å²) in [6.45, 7) is 10.4. The molecule has 0 spiro atoms. The summed E-state index contributed by atoms with van der Waals surface area (Å²) in [5.74, 6) is 1.69. The third-order valence-corrected chi connectivity index (χ3v) is 7.22. The molecule has 0 bridgehead atoms. The van der Waals surface area contributed by atoms with Gasteiger partial charge in [0, 0.05) is 35.0 Å². The Kier molecular flexibility index (Phi) is 9.06. The highest BCUT2D eigenvalue weighted by atomic mass is 32.2. The lowest BCUT2D eigenvalue weighted by Crippen LogP contribution is -2.15. The maximum atomic E-state index is 15.1. The molecule has 0 aliphatic rings. The zero-order chi connectivity index (χ0) is 29.0. The van der Waals surface area contributed by atoms with Crippen LogP contribution in [0.1, 0.15) is 25.7 Å². The van der Waals surface area contributed by atoms with E-state index in [9.17, 15) is 4.79 Å². The third-order valence-electron chi connectivity index (χ3n) is 6.18. The van der Waals surface area contributed by atoms with Crippen LogP contribution in [-0.2, 0) is 4.79 Å². The van der Waals surface area contributed by atoms with Crippen LogP contribution in [0.15, 0.2) is 54.1 Å². The van der Waals surface area contributed by atoms with Crippen molar-refractivity contribution in [3.05, 3.63) is 60.8 Å². The zero-order valence-electron chi connectivity index (χ0n) is 23.6. The predicted molar refractivity (Wildman–Crippen MR) is 160 cm³/mol. The number of thioether (sulfide) groups is 1. The Bertz CT molecular complexity index is 1550. The van der Waals surface area contributed by atoms with Crippen LogP contribution in [0.2, 0.25) is 0 Å². The van der Waals surface area contributed by atoms with Crippen molar-refractivity contribution in [2.24, 2.45) is 0 Å². The van der Waals surface area contributed by atoms with Crippen LogP contribution in [0.4, 0.5) is 21.7 Å². The molecule has 4 aromatic rings. The van der Waals surface area contributed by atoms with Gasteiger partial charge in [-0.1, -0.05) is 6.58 Å². The van der Waals surface area contributed by atoms with Gasteiger partial charge < -0.3 is 24.8 Å². The SMILES string of the molecule is C=CC(=O)Nc1cc(Nc2nccc(-c3cc(F)c4nc(C)n(C(C)C)c4c3)n2)c(OC)cc1SCCN(C)C. The third kappa shape index (κ3) is 6.43. The van der Waals surface area contributed by atoms with Crippen molar-refractivity contribution in [2.75, 3.05) is 44.1 Å². The van der Waals surface area contributed by atoms with E-state index in [0.717, 1.165) is 23.0 Å². The number of nitrogens with zero attached hydrogens (tertiary/aromatic N) is 5. The Morgan fingerprint density at radius 1 is 1.23 bits per heavy atom. The number of carbonyl (C=O) groups is 1. The number of hydrogen-bond donors (Lipinski definition) is 2. The van der Waals surface area contributed by atoms with E-state index >= 15 is 4.39 Å². The summed E-state index contributed by atoms with van der Waals surface area (Å²) in [6.07, 6.45) is 2.83. The van der Waals surface area contributed by atoms with Crippen molar-refractivity contribution in [1.29, 1.82) is 0 Å². The number of methoxy groups -OCH3 is 1. The second kappa shape index (κ2) is 12.5. The molecular weight excluding hydrogens is 529 g/mol. The molecule has 210 valence electrons. The monoisotopic (exact) mass is 563 g/mol. The second-order valence-electron chi connectivity index (χ2n) is 9.73. The van der Waals surface area contributed by atoms with Crippen LogP contribution in [-0.4, -0.2) is 63.8 Å². The molecule has 0 aliphatic carbocycles. The topological polar surface area (TPSA) is 97.2 Å². The molecule has 0 atom stereocenters. The van der Waals surface area contributed by atoms with E-state index in [1.807, 2.05) is 51.6 Å². The summed E-state index contributed by atoms with van der Waals surface area (Å²) in [6, 6.07) is 8.83. The fourth-order valence-electron chi connectivity index (χ4n) is 4.34. The average Bonchev–Trinajstić information content (AvgIpc) is 3.26. The number of fused-ring (bicyclic) bond motifs is 1. The van der Waals surface area contributed by atoms with Crippen LogP contribution in [0, 0.1) is 12.7 Å². The highest BCUT2D eigenvalue weighted by molar-refractivity contribution is 7.99. The molecule has 0 saturated carbocycles. The number of hydrogen-bond acceptors (Lipinski definition) is 8. The van der Waals surface area contributed by atoms with Gasteiger partial charge in [-0.2, -0.15) is 0 Å². The van der Waals surface area contributed by atoms with E-state index in [1.165, 1.54) is 12.1 Å². The Balaban J connectivity index is 1.70. The van der Waals surface area contributed by atoms with E-state index in [2.05, 4.69) is 37.1 Å². The summed E-state index contributed by atoms with van der Waals surface area (Å²) in [4.78, 5) is 28.6. The number of rotatable bonds is 11. The highest BCUT2D eigenvalue weighted by Gasteiger charge is 2.18. The molecule has 2 aromatic heterocycles. The van der Waals surface area contributed by atoms with E-state index in [1.54, 1.807) is 37.2 Å². The molecule has 0 saturated heterocycles. The van der Waals surface area contributed by atoms with Gasteiger partial charge in [0.2, 0.25) is 11.9 Å². The van der Waals surface area contributed by atoms with Gasteiger partial charge in [0.25, 0.3) is 0 Å². The predicted octanol–water partition coefficient (Wildman–Crippen LogP) is 6.05. The number of benzene rings is 2. The minimum absolute atomic E-state index is 0.120. The van der Waals surface area contributed by atoms with Crippen molar-refractivity contribution >= 4 is 46.0 Å². The fourth-order valence-corrected chi connectivity index (χ4v) is 5.47. The van der Waals surface area contributed by atoms with Crippen LogP contribution >= 0.6 is 11.8 Å². The Morgan fingerprint density at radius 3 is 2.67 bits per heavy atom. The Morgan fingerprint density at radius 2 is 2.00 bits per heavy atom. The molecule has 2 heterocycles. The van der Waals surface area contributed by atoms with Gasteiger partial charge in [0.05, 0.1) is 29.7 Å². The normalized spacial score (nSPS) is 11.3. The minimum atomic E-state index is -0.408. The van der Waals surface area contributed by atoms with Gasteiger partial charge in [-0.15, -0.1) is 11.8 Å². The van der Waals surface area contributed by atoms with E-state index in [4.69, 9.17) is 4.74 Å².